The molecule has 0 unspecified atom stereocenters. The van der Waals surface area contributed by atoms with Gasteiger partial charge in [-0.05, 0) is 51.8 Å². The average molecular weight is 370 g/mol. The SMILES string of the molecule is CCOc1ccccc1OC1CCN(Cc2ccccc2OC(C)C)CC1. The second kappa shape index (κ2) is 9.65. The van der Waals surface area contributed by atoms with Gasteiger partial charge in [0.15, 0.2) is 11.5 Å². The molecule has 0 aliphatic carbocycles. The predicted molar refractivity (Wildman–Crippen MR) is 109 cm³/mol. The first-order valence-corrected chi connectivity index (χ1v) is 10.0. The number of rotatable bonds is 8. The van der Waals surface area contributed by atoms with E-state index in [1.165, 1.54) is 5.56 Å². The molecule has 27 heavy (non-hydrogen) atoms. The average Bonchev–Trinajstić information content (AvgIpc) is 2.66. The van der Waals surface area contributed by atoms with E-state index in [1.54, 1.807) is 0 Å². The van der Waals surface area contributed by atoms with Crippen LogP contribution < -0.4 is 14.2 Å². The molecule has 2 aromatic carbocycles. The number of hydrogen-bond acceptors (Lipinski definition) is 4. The number of piperidine rings is 1. The molecule has 2 aromatic rings. The molecular weight excluding hydrogens is 338 g/mol. The summed E-state index contributed by atoms with van der Waals surface area (Å²) in [5, 5.41) is 0. The van der Waals surface area contributed by atoms with Gasteiger partial charge in [-0.3, -0.25) is 4.90 Å². The third kappa shape index (κ3) is 5.64. The maximum atomic E-state index is 6.24. The molecule has 0 N–H and O–H groups in total. The van der Waals surface area contributed by atoms with Gasteiger partial charge >= 0.3 is 0 Å². The zero-order chi connectivity index (χ0) is 19.1. The Morgan fingerprint density at radius 1 is 0.926 bits per heavy atom. The van der Waals surface area contributed by atoms with Crippen molar-refractivity contribution in [2.45, 2.75) is 52.4 Å². The normalized spacial score (nSPS) is 15.7. The lowest BCUT2D eigenvalue weighted by atomic mass is 10.1. The molecule has 0 radical (unpaired) electrons. The highest BCUT2D eigenvalue weighted by Crippen LogP contribution is 2.30. The van der Waals surface area contributed by atoms with Gasteiger partial charge in [0, 0.05) is 25.2 Å². The van der Waals surface area contributed by atoms with Crippen molar-refractivity contribution in [2.24, 2.45) is 0 Å². The van der Waals surface area contributed by atoms with Crippen LogP contribution in [0.25, 0.3) is 0 Å². The van der Waals surface area contributed by atoms with Crippen LogP contribution >= 0.6 is 0 Å². The van der Waals surface area contributed by atoms with E-state index in [9.17, 15) is 0 Å². The summed E-state index contributed by atoms with van der Waals surface area (Å²) in [5.41, 5.74) is 1.26. The Kier molecular flexibility index (Phi) is 6.99. The van der Waals surface area contributed by atoms with E-state index in [1.807, 2.05) is 37.3 Å². The summed E-state index contributed by atoms with van der Waals surface area (Å²) in [6.07, 6.45) is 2.47. The Morgan fingerprint density at radius 3 is 2.22 bits per heavy atom. The Balaban J connectivity index is 1.54. The highest BCUT2D eigenvalue weighted by molar-refractivity contribution is 5.39. The topological polar surface area (TPSA) is 30.9 Å². The van der Waals surface area contributed by atoms with Gasteiger partial charge in [-0.25, -0.2) is 0 Å². The number of likely N-dealkylation sites (tertiary alicyclic amines) is 1. The Bertz CT molecular complexity index is 708. The first kappa shape index (κ1) is 19.6. The maximum absolute atomic E-state index is 6.24. The molecule has 4 heteroatoms. The van der Waals surface area contributed by atoms with Crippen molar-refractivity contribution in [3.8, 4) is 17.2 Å². The molecule has 3 rings (SSSR count). The van der Waals surface area contributed by atoms with Gasteiger partial charge in [-0.1, -0.05) is 30.3 Å². The van der Waals surface area contributed by atoms with Gasteiger partial charge in [-0.15, -0.1) is 0 Å². The summed E-state index contributed by atoms with van der Waals surface area (Å²) in [5.74, 6) is 2.69. The second-order valence-electron chi connectivity index (χ2n) is 7.25. The summed E-state index contributed by atoms with van der Waals surface area (Å²) >= 11 is 0. The van der Waals surface area contributed by atoms with Crippen LogP contribution in [0.3, 0.4) is 0 Å². The van der Waals surface area contributed by atoms with Crippen molar-refractivity contribution >= 4 is 0 Å². The third-order valence-corrected chi connectivity index (χ3v) is 4.71. The van der Waals surface area contributed by atoms with Gasteiger partial charge in [0.05, 0.1) is 12.7 Å². The van der Waals surface area contributed by atoms with Gasteiger partial charge < -0.3 is 14.2 Å². The van der Waals surface area contributed by atoms with E-state index >= 15 is 0 Å². The summed E-state index contributed by atoms with van der Waals surface area (Å²) in [6, 6.07) is 16.3. The van der Waals surface area contributed by atoms with Crippen LogP contribution in [0.5, 0.6) is 17.2 Å². The summed E-state index contributed by atoms with van der Waals surface area (Å²) in [7, 11) is 0. The number of benzene rings is 2. The molecule has 0 saturated carbocycles. The van der Waals surface area contributed by atoms with Crippen molar-refractivity contribution in [2.75, 3.05) is 19.7 Å². The van der Waals surface area contributed by atoms with Crippen molar-refractivity contribution < 1.29 is 14.2 Å². The van der Waals surface area contributed by atoms with E-state index in [2.05, 4.69) is 36.9 Å². The minimum Gasteiger partial charge on any atom is -0.491 e. The highest BCUT2D eigenvalue weighted by atomic mass is 16.5. The van der Waals surface area contributed by atoms with Crippen LogP contribution in [0.2, 0.25) is 0 Å². The van der Waals surface area contributed by atoms with Crippen molar-refractivity contribution in [1.82, 2.24) is 4.90 Å². The molecule has 0 bridgehead atoms. The Labute approximate surface area is 163 Å². The van der Waals surface area contributed by atoms with Crippen molar-refractivity contribution in [3.63, 3.8) is 0 Å². The fraction of sp³-hybridized carbons (Fsp3) is 0.478. The molecular formula is C23H31NO3. The molecule has 4 nitrogen and oxygen atoms in total. The lowest BCUT2D eigenvalue weighted by Gasteiger charge is -2.32. The number of para-hydroxylation sites is 3. The lowest BCUT2D eigenvalue weighted by Crippen LogP contribution is -2.38. The second-order valence-corrected chi connectivity index (χ2v) is 7.25. The molecule has 0 aromatic heterocycles. The van der Waals surface area contributed by atoms with E-state index in [4.69, 9.17) is 14.2 Å². The predicted octanol–water partition coefficient (Wildman–Crippen LogP) is 4.92. The van der Waals surface area contributed by atoms with Crippen molar-refractivity contribution in [3.05, 3.63) is 54.1 Å². The fourth-order valence-electron chi connectivity index (χ4n) is 3.43. The van der Waals surface area contributed by atoms with Gasteiger partial charge in [0.25, 0.3) is 0 Å². The van der Waals surface area contributed by atoms with Crippen LogP contribution in [0.15, 0.2) is 48.5 Å². The van der Waals surface area contributed by atoms with Gasteiger partial charge in [0.1, 0.15) is 11.9 Å². The molecule has 1 fully saturated rings. The van der Waals surface area contributed by atoms with Crippen LogP contribution in [0.1, 0.15) is 39.2 Å². The standard InChI is InChI=1S/C23H31NO3/c1-4-25-22-11-7-8-12-23(22)27-20-13-15-24(16-14-20)17-19-9-5-6-10-21(19)26-18(2)3/h5-12,18,20H,4,13-17H2,1-3H3. The lowest BCUT2D eigenvalue weighted by molar-refractivity contribution is 0.0928. The molecule has 1 aliphatic rings. The largest absolute Gasteiger partial charge is 0.491 e. The third-order valence-electron chi connectivity index (χ3n) is 4.71. The zero-order valence-corrected chi connectivity index (χ0v) is 16.7. The van der Waals surface area contributed by atoms with E-state index in [0.29, 0.717) is 6.61 Å². The maximum Gasteiger partial charge on any atom is 0.161 e. The fourth-order valence-corrected chi connectivity index (χ4v) is 3.43. The molecule has 1 saturated heterocycles. The molecule has 0 spiro atoms. The van der Waals surface area contributed by atoms with E-state index in [0.717, 1.165) is 49.7 Å². The van der Waals surface area contributed by atoms with E-state index in [-0.39, 0.29) is 12.2 Å². The Morgan fingerprint density at radius 2 is 1.56 bits per heavy atom. The minimum absolute atomic E-state index is 0.190. The Hall–Kier alpha value is -2.20. The summed E-state index contributed by atoms with van der Waals surface area (Å²) in [4.78, 5) is 2.48. The van der Waals surface area contributed by atoms with E-state index < -0.39 is 0 Å². The monoisotopic (exact) mass is 369 g/mol. The molecule has 1 aliphatic heterocycles. The first-order chi connectivity index (χ1) is 13.2. The quantitative estimate of drug-likeness (QED) is 0.661. The molecule has 0 amide bonds. The van der Waals surface area contributed by atoms with Crippen LogP contribution in [-0.4, -0.2) is 36.8 Å². The number of ether oxygens (including phenoxy) is 3. The van der Waals surface area contributed by atoms with Crippen LogP contribution in [-0.2, 0) is 6.54 Å². The molecule has 0 atom stereocenters. The zero-order valence-electron chi connectivity index (χ0n) is 16.7. The van der Waals surface area contributed by atoms with Gasteiger partial charge in [-0.2, -0.15) is 0 Å². The summed E-state index contributed by atoms with van der Waals surface area (Å²) < 4.78 is 17.9. The molecule has 1 heterocycles. The van der Waals surface area contributed by atoms with Crippen molar-refractivity contribution in [1.29, 1.82) is 0 Å². The number of hydrogen-bond donors (Lipinski definition) is 0. The smallest absolute Gasteiger partial charge is 0.161 e. The first-order valence-electron chi connectivity index (χ1n) is 10.0. The highest BCUT2D eigenvalue weighted by Gasteiger charge is 2.22. The minimum atomic E-state index is 0.190. The van der Waals surface area contributed by atoms with Crippen LogP contribution in [0.4, 0.5) is 0 Å². The number of nitrogens with zero attached hydrogens (tertiary/aromatic N) is 1. The summed E-state index contributed by atoms with van der Waals surface area (Å²) in [6.45, 7) is 9.76. The van der Waals surface area contributed by atoms with Gasteiger partial charge in [0.2, 0.25) is 0 Å². The molecule has 146 valence electrons. The van der Waals surface area contributed by atoms with Crippen LogP contribution in [0, 0.1) is 0 Å².